The van der Waals surface area contributed by atoms with Crippen LogP contribution >= 0.6 is 11.3 Å². The first kappa shape index (κ1) is 15.6. The molecule has 0 radical (unpaired) electrons. The first-order chi connectivity index (χ1) is 8.90. The quantitative estimate of drug-likeness (QED) is 0.593. The largest absolute Gasteiger partial charge is 0.464 e. The van der Waals surface area contributed by atoms with Crippen molar-refractivity contribution < 1.29 is 14.3 Å². The second kappa shape index (κ2) is 6.65. The third kappa shape index (κ3) is 3.76. The fourth-order valence-electron chi connectivity index (χ4n) is 1.62. The average molecular weight is 284 g/mol. The van der Waals surface area contributed by atoms with Crippen molar-refractivity contribution in [2.24, 2.45) is 5.92 Å². The highest BCUT2D eigenvalue weighted by atomic mass is 32.1. The van der Waals surface area contributed by atoms with Gasteiger partial charge in [0.15, 0.2) is 16.6 Å². The summed E-state index contributed by atoms with van der Waals surface area (Å²) in [4.78, 5) is 29.7. The molecular formula is C13H20N2O3S. The van der Waals surface area contributed by atoms with Crippen molar-refractivity contribution in [3.63, 3.8) is 0 Å². The Bertz CT molecular complexity index is 470. The monoisotopic (exact) mass is 284 g/mol. The molecule has 1 aromatic rings. The Hall–Kier alpha value is -1.43. The van der Waals surface area contributed by atoms with Crippen molar-refractivity contribution in [3.05, 3.63) is 10.6 Å². The van der Waals surface area contributed by atoms with Crippen LogP contribution in [0, 0.1) is 5.92 Å². The van der Waals surface area contributed by atoms with Gasteiger partial charge in [0.1, 0.15) is 4.88 Å². The van der Waals surface area contributed by atoms with E-state index in [1.165, 1.54) is 25.4 Å². The van der Waals surface area contributed by atoms with Gasteiger partial charge in [0, 0.05) is 20.5 Å². The van der Waals surface area contributed by atoms with E-state index in [2.05, 4.69) is 23.6 Å². The van der Waals surface area contributed by atoms with Gasteiger partial charge >= 0.3 is 5.97 Å². The summed E-state index contributed by atoms with van der Waals surface area (Å²) < 4.78 is 4.66. The summed E-state index contributed by atoms with van der Waals surface area (Å²) in [6.45, 7) is 6.54. The van der Waals surface area contributed by atoms with Crippen molar-refractivity contribution >= 4 is 28.2 Å². The molecule has 1 rings (SSSR count). The number of nitrogens with zero attached hydrogens (tertiary/aromatic N) is 2. The third-order valence-electron chi connectivity index (χ3n) is 2.92. The molecule has 0 spiro atoms. The highest BCUT2D eigenvalue weighted by molar-refractivity contribution is 7.17. The number of methoxy groups -OCH3 is 1. The zero-order chi connectivity index (χ0) is 14.6. The van der Waals surface area contributed by atoms with Gasteiger partial charge in [-0.3, -0.25) is 4.79 Å². The summed E-state index contributed by atoms with van der Waals surface area (Å²) in [7, 11) is 3.20. The third-order valence-corrected chi connectivity index (χ3v) is 4.19. The number of hydrogen-bond donors (Lipinski definition) is 0. The number of ketones is 1. The molecular weight excluding hydrogens is 264 g/mol. The van der Waals surface area contributed by atoms with Gasteiger partial charge in [0.25, 0.3) is 0 Å². The van der Waals surface area contributed by atoms with E-state index in [1.54, 1.807) is 0 Å². The zero-order valence-corrected chi connectivity index (χ0v) is 12.8. The molecule has 0 N–H and O–H groups in total. The van der Waals surface area contributed by atoms with Crippen molar-refractivity contribution in [1.29, 1.82) is 0 Å². The zero-order valence-electron chi connectivity index (χ0n) is 12.0. The number of aromatic nitrogens is 1. The predicted molar refractivity (Wildman–Crippen MR) is 76.2 cm³/mol. The number of Topliss-reactive ketones (excluding diaryl/α,β-unsaturated/α-hetero) is 1. The minimum Gasteiger partial charge on any atom is -0.464 e. The molecule has 1 aromatic heterocycles. The predicted octanol–water partition coefficient (Wildman–Crippen LogP) is 2.61. The number of ether oxygens (including phenoxy) is 1. The molecule has 0 aliphatic carbocycles. The molecule has 6 heteroatoms. The van der Waals surface area contributed by atoms with Crippen LogP contribution in [-0.2, 0) is 4.74 Å². The Morgan fingerprint density at radius 1 is 1.47 bits per heavy atom. The summed E-state index contributed by atoms with van der Waals surface area (Å²) in [5.41, 5.74) is 0.117. The van der Waals surface area contributed by atoms with E-state index in [-0.39, 0.29) is 11.5 Å². The van der Waals surface area contributed by atoms with Crippen LogP contribution < -0.4 is 4.90 Å². The van der Waals surface area contributed by atoms with Gasteiger partial charge in [-0.2, -0.15) is 0 Å². The number of hydrogen-bond acceptors (Lipinski definition) is 6. The summed E-state index contributed by atoms with van der Waals surface area (Å²) in [6, 6.07) is 0. The maximum absolute atomic E-state index is 11.6. The molecule has 0 aliphatic heterocycles. The maximum atomic E-state index is 11.6. The van der Waals surface area contributed by atoms with Crippen molar-refractivity contribution in [1.82, 2.24) is 4.98 Å². The van der Waals surface area contributed by atoms with Crippen LogP contribution in [0.2, 0.25) is 0 Å². The standard InChI is InChI=1S/C13H20N2O3S/c1-6-8(2)7-15(4)13-14-10(12(17)18-5)11(19-13)9(3)16/h8H,6-7H2,1-5H3. The van der Waals surface area contributed by atoms with E-state index in [9.17, 15) is 9.59 Å². The molecule has 0 saturated heterocycles. The molecule has 0 aromatic carbocycles. The molecule has 106 valence electrons. The molecule has 0 amide bonds. The summed E-state index contributed by atoms with van der Waals surface area (Å²) >= 11 is 1.24. The number of rotatable bonds is 6. The Labute approximate surface area is 117 Å². The molecule has 0 saturated carbocycles. The van der Waals surface area contributed by atoms with Gasteiger partial charge in [-0.1, -0.05) is 31.6 Å². The molecule has 0 aliphatic rings. The first-order valence-electron chi connectivity index (χ1n) is 6.21. The lowest BCUT2D eigenvalue weighted by Crippen LogP contribution is -2.23. The highest BCUT2D eigenvalue weighted by Crippen LogP contribution is 2.27. The highest BCUT2D eigenvalue weighted by Gasteiger charge is 2.23. The smallest absolute Gasteiger partial charge is 0.358 e. The van der Waals surface area contributed by atoms with Gasteiger partial charge < -0.3 is 9.64 Å². The number of carbonyl (C=O) groups excluding carboxylic acids is 2. The molecule has 1 heterocycles. The van der Waals surface area contributed by atoms with E-state index in [0.717, 1.165) is 13.0 Å². The van der Waals surface area contributed by atoms with Crippen molar-refractivity contribution in [2.45, 2.75) is 27.2 Å². The summed E-state index contributed by atoms with van der Waals surface area (Å²) in [5, 5.41) is 0.672. The minimum atomic E-state index is -0.565. The van der Waals surface area contributed by atoms with Crippen LogP contribution in [0.1, 0.15) is 47.4 Å². The molecule has 19 heavy (non-hydrogen) atoms. The number of esters is 1. The Balaban J connectivity index is 3.04. The molecule has 1 atom stereocenters. The Kier molecular flexibility index (Phi) is 5.47. The van der Waals surface area contributed by atoms with Crippen LogP contribution in [0.15, 0.2) is 0 Å². The van der Waals surface area contributed by atoms with Crippen molar-refractivity contribution in [3.8, 4) is 0 Å². The topological polar surface area (TPSA) is 59.5 Å². The Morgan fingerprint density at radius 3 is 2.58 bits per heavy atom. The van der Waals surface area contributed by atoms with E-state index in [1.807, 2.05) is 11.9 Å². The summed E-state index contributed by atoms with van der Waals surface area (Å²) in [5.74, 6) is -0.206. The van der Waals surface area contributed by atoms with Gasteiger partial charge in [-0.15, -0.1) is 0 Å². The fraction of sp³-hybridized carbons (Fsp3) is 0.615. The fourth-order valence-corrected chi connectivity index (χ4v) is 2.54. The number of thiazole rings is 1. The lowest BCUT2D eigenvalue weighted by molar-refractivity contribution is 0.0591. The maximum Gasteiger partial charge on any atom is 0.358 e. The van der Waals surface area contributed by atoms with Gasteiger partial charge in [0.05, 0.1) is 7.11 Å². The SMILES string of the molecule is CCC(C)CN(C)c1nc(C(=O)OC)c(C(C)=O)s1. The number of carbonyl (C=O) groups is 2. The van der Waals surface area contributed by atoms with Crippen LogP contribution in [0.4, 0.5) is 5.13 Å². The van der Waals surface area contributed by atoms with Crippen LogP contribution in [0.5, 0.6) is 0 Å². The second-order valence-corrected chi connectivity index (χ2v) is 5.59. The van der Waals surface area contributed by atoms with Gasteiger partial charge in [-0.05, 0) is 5.92 Å². The first-order valence-corrected chi connectivity index (χ1v) is 7.03. The second-order valence-electron chi connectivity index (χ2n) is 4.62. The normalized spacial score (nSPS) is 12.1. The lowest BCUT2D eigenvalue weighted by atomic mass is 10.1. The molecule has 0 bridgehead atoms. The molecule has 5 nitrogen and oxygen atoms in total. The lowest BCUT2D eigenvalue weighted by Gasteiger charge is -2.19. The van der Waals surface area contributed by atoms with Gasteiger partial charge in [0.2, 0.25) is 0 Å². The van der Waals surface area contributed by atoms with Crippen molar-refractivity contribution in [2.75, 3.05) is 25.6 Å². The van der Waals surface area contributed by atoms with E-state index < -0.39 is 5.97 Å². The molecule has 1 unspecified atom stereocenters. The van der Waals surface area contributed by atoms with E-state index >= 15 is 0 Å². The Morgan fingerprint density at radius 2 is 2.11 bits per heavy atom. The van der Waals surface area contributed by atoms with Crippen LogP contribution in [0.3, 0.4) is 0 Å². The number of anilines is 1. The minimum absolute atomic E-state index is 0.117. The summed E-state index contributed by atoms with van der Waals surface area (Å²) in [6.07, 6.45) is 1.07. The average Bonchev–Trinajstić information content (AvgIpc) is 2.82. The van der Waals surface area contributed by atoms with E-state index in [4.69, 9.17) is 0 Å². The van der Waals surface area contributed by atoms with E-state index in [0.29, 0.717) is 15.9 Å². The van der Waals surface area contributed by atoms with Crippen LogP contribution in [0.25, 0.3) is 0 Å². The van der Waals surface area contributed by atoms with Crippen LogP contribution in [-0.4, -0.2) is 37.4 Å². The molecule has 0 fully saturated rings. The van der Waals surface area contributed by atoms with Gasteiger partial charge in [-0.25, -0.2) is 9.78 Å².